The van der Waals surface area contributed by atoms with Gasteiger partial charge in [-0.3, -0.25) is 14.8 Å². The van der Waals surface area contributed by atoms with Crippen LogP contribution >= 0.6 is 11.8 Å². The smallest absolute Gasteiger partial charge is 0.189 e. The summed E-state index contributed by atoms with van der Waals surface area (Å²) < 4.78 is 5.51. The molecule has 0 fully saturated rings. The van der Waals surface area contributed by atoms with E-state index in [4.69, 9.17) is 4.74 Å². The van der Waals surface area contributed by atoms with E-state index in [2.05, 4.69) is 28.2 Å². The van der Waals surface area contributed by atoms with Gasteiger partial charge < -0.3 is 4.74 Å². The van der Waals surface area contributed by atoms with E-state index in [-0.39, 0.29) is 18.5 Å². The summed E-state index contributed by atoms with van der Waals surface area (Å²) in [5.74, 6) is 0.00300. The lowest BCUT2D eigenvalue weighted by Crippen LogP contribution is -2.14. The first kappa shape index (κ1) is 21.2. The van der Waals surface area contributed by atoms with Crippen LogP contribution in [0.25, 0.3) is 6.08 Å². The van der Waals surface area contributed by atoms with Crippen molar-refractivity contribution in [3.63, 3.8) is 0 Å². The number of aromatic nitrogens is 1. The summed E-state index contributed by atoms with van der Waals surface area (Å²) in [7, 11) is 0. The van der Waals surface area contributed by atoms with E-state index in [9.17, 15) is 4.79 Å². The summed E-state index contributed by atoms with van der Waals surface area (Å²) in [6.45, 7) is 4.62. The van der Waals surface area contributed by atoms with E-state index in [1.807, 2.05) is 68.5 Å². The van der Waals surface area contributed by atoms with E-state index >= 15 is 0 Å². The Bertz CT molecular complexity index is 1140. The maximum atomic E-state index is 12.6. The van der Waals surface area contributed by atoms with Gasteiger partial charge in [-0.25, -0.2) is 0 Å². The first-order valence-electron chi connectivity index (χ1n) is 10.3. The van der Waals surface area contributed by atoms with Crippen molar-refractivity contribution in [1.29, 1.82) is 0 Å². The molecule has 0 unspecified atom stereocenters. The second kappa shape index (κ2) is 9.86. The van der Waals surface area contributed by atoms with Crippen molar-refractivity contribution < 1.29 is 9.53 Å². The lowest BCUT2D eigenvalue weighted by Gasteiger charge is -2.11. The second-order valence-electron chi connectivity index (χ2n) is 7.49. The summed E-state index contributed by atoms with van der Waals surface area (Å²) >= 11 is 1.60. The topological polar surface area (TPSA) is 51.5 Å². The number of carbonyl (C=O) groups excluding carboxylic acids is 1. The van der Waals surface area contributed by atoms with Crippen LogP contribution in [0.1, 0.15) is 41.0 Å². The summed E-state index contributed by atoms with van der Waals surface area (Å²) in [6, 6.07) is 19.9. The van der Waals surface area contributed by atoms with Gasteiger partial charge in [-0.2, -0.15) is 0 Å². The molecule has 3 aromatic rings. The highest BCUT2D eigenvalue weighted by Crippen LogP contribution is 2.33. The molecule has 156 valence electrons. The Labute approximate surface area is 187 Å². The number of aliphatic imine (C=N–C) groups is 1. The quantitative estimate of drug-likeness (QED) is 0.422. The highest BCUT2D eigenvalue weighted by atomic mass is 32.2. The van der Waals surface area contributed by atoms with Crippen LogP contribution in [0, 0.1) is 0 Å². The molecule has 4 rings (SSSR count). The Hall–Kier alpha value is -3.02. The van der Waals surface area contributed by atoms with Gasteiger partial charge in [0.05, 0.1) is 24.1 Å². The minimum atomic E-state index is 0.00300. The van der Waals surface area contributed by atoms with Gasteiger partial charge in [-0.05, 0) is 61.9 Å². The van der Waals surface area contributed by atoms with Crippen molar-refractivity contribution >= 4 is 29.3 Å². The van der Waals surface area contributed by atoms with Crippen LogP contribution in [-0.2, 0) is 11.3 Å². The number of hydrogen-bond donors (Lipinski definition) is 0. The molecule has 0 amide bonds. The van der Waals surface area contributed by atoms with E-state index in [1.165, 1.54) is 5.56 Å². The first-order valence-corrected chi connectivity index (χ1v) is 11.1. The number of pyridine rings is 1. The molecule has 31 heavy (non-hydrogen) atoms. The summed E-state index contributed by atoms with van der Waals surface area (Å²) in [5.41, 5.74) is 4.92. The number of rotatable bonds is 8. The summed E-state index contributed by atoms with van der Waals surface area (Å²) in [4.78, 5) is 23.6. The molecule has 0 saturated carbocycles. The van der Waals surface area contributed by atoms with Gasteiger partial charge in [0.2, 0.25) is 0 Å². The monoisotopic (exact) mass is 428 g/mol. The SMILES string of the molecule is CC(C)OCC(=O)c1ccccc1Sc1ccc2c(c1)CN=C2/C=C/c1ccccn1. The minimum absolute atomic E-state index is 0.00300. The average molecular weight is 429 g/mol. The van der Waals surface area contributed by atoms with E-state index in [1.54, 1.807) is 18.0 Å². The number of ether oxygens (including phenoxy) is 1. The molecule has 2 heterocycles. The van der Waals surface area contributed by atoms with Gasteiger partial charge >= 0.3 is 0 Å². The number of fused-ring (bicyclic) bond motifs is 1. The molecule has 5 heteroatoms. The maximum absolute atomic E-state index is 12.6. The van der Waals surface area contributed by atoms with Gasteiger partial charge in [-0.15, -0.1) is 0 Å². The molecule has 0 spiro atoms. The molecule has 0 bridgehead atoms. The zero-order valence-corrected chi connectivity index (χ0v) is 18.4. The van der Waals surface area contributed by atoms with Crippen molar-refractivity contribution in [1.82, 2.24) is 4.98 Å². The van der Waals surface area contributed by atoms with Crippen molar-refractivity contribution in [2.24, 2.45) is 4.99 Å². The minimum Gasteiger partial charge on any atom is -0.371 e. The Morgan fingerprint density at radius 1 is 1.10 bits per heavy atom. The highest BCUT2D eigenvalue weighted by Gasteiger charge is 2.16. The number of allylic oxidation sites excluding steroid dienone is 1. The maximum Gasteiger partial charge on any atom is 0.189 e. The third-order valence-electron chi connectivity index (χ3n) is 4.84. The van der Waals surface area contributed by atoms with Gasteiger partial charge in [0.1, 0.15) is 6.61 Å². The van der Waals surface area contributed by atoms with Gasteiger partial charge in [0, 0.05) is 27.1 Å². The number of hydrogen-bond acceptors (Lipinski definition) is 5. The fraction of sp³-hybridized carbons (Fsp3) is 0.192. The molecular formula is C26H24N2O2S. The number of Topliss-reactive ketones (excluding diaryl/α,β-unsaturated/α-hetero) is 1. The molecule has 0 saturated heterocycles. The first-order chi connectivity index (χ1) is 15.1. The second-order valence-corrected chi connectivity index (χ2v) is 8.60. The van der Waals surface area contributed by atoms with Gasteiger partial charge in [0.15, 0.2) is 5.78 Å². The molecule has 0 aliphatic carbocycles. The Balaban J connectivity index is 1.49. The third-order valence-corrected chi connectivity index (χ3v) is 5.90. The number of benzene rings is 2. The van der Waals surface area contributed by atoms with Crippen LogP contribution in [0.4, 0.5) is 0 Å². The van der Waals surface area contributed by atoms with Crippen LogP contribution in [0.15, 0.2) is 87.7 Å². The standard InChI is InChI=1S/C26H24N2O2S/c1-18(2)30-17-25(29)23-8-3-4-9-26(23)31-21-11-12-22-19(15-21)16-28-24(22)13-10-20-7-5-6-14-27-20/h3-15,18H,16-17H2,1-2H3/b13-10+. The average Bonchev–Trinajstić information content (AvgIpc) is 3.19. The molecule has 0 atom stereocenters. The highest BCUT2D eigenvalue weighted by molar-refractivity contribution is 7.99. The van der Waals surface area contributed by atoms with Crippen molar-refractivity contribution in [3.8, 4) is 0 Å². The zero-order valence-electron chi connectivity index (χ0n) is 17.6. The van der Waals surface area contributed by atoms with E-state index in [0.29, 0.717) is 12.1 Å². The number of nitrogens with zero attached hydrogens (tertiary/aromatic N) is 2. The molecule has 1 aliphatic heterocycles. The predicted octanol–water partition coefficient (Wildman–Crippen LogP) is 5.86. The lowest BCUT2D eigenvalue weighted by atomic mass is 10.1. The summed E-state index contributed by atoms with van der Waals surface area (Å²) in [6.07, 6.45) is 5.81. The Morgan fingerprint density at radius 2 is 1.94 bits per heavy atom. The van der Waals surface area contributed by atoms with Crippen LogP contribution < -0.4 is 0 Å². The Morgan fingerprint density at radius 3 is 2.74 bits per heavy atom. The molecule has 4 nitrogen and oxygen atoms in total. The largest absolute Gasteiger partial charge is 0.371 e. The fourth-order valence-corrected chi connectivity index (χ4v) is 4.31. The van der Waals surface area contributed by atoms with Crippen LogP contribution in [0.5, 0.6) is 0 Å². The fourth-order valence-electron chi connectivity index (χ4n) is 3.28. The molecule has 1 aliphatic rings. The van der Waals surface area contributed by atoms with Crippen molar-refractivity contribution in [2.45, 2.75) is 36.3 Å². The van der Waals surface area contributed by atoms with E-state index in [0.717, 1.165) is 26.8 Å². The summed E-state index contributed by atoms with van der Waals surface area (Å²) in [5, 5.41) is 0. The van der Waals surface area contributed by atoms with Crippen molar-refractivity contribution in [3.05, 3.63) is 95.3 Å². The molecule has 0 N–H and O–H groups in total. The molecule has 1 aromatic heterocycles. The Kier molecular flexibility index (Phi) is 6.75. The van der Waals surface area contributed by atoms with Gasteiger partial charge in [0.25, 0.3) is 0 Å². The number of ketones is 1. The zero-order chi connectivity index (χ0) is 21.6. The normalized spacial score (nSPS) is 12.9. The lowest BCUT2D eigenvalue weighted by molar-refractivity contribution is 0.0582. The van der Waals surface area contributed by atoms with Crippen LogP contribution in [0.3, 0.4) is 0 Å². The molecule has 2 aromatic carbocycles. The van der Waals surface area contributed by atoms with Crippen molar-refractivity contribution in [2.75, 3.05) is 6.61 Å². The van der Waals surface area contributed by atoms with Crippen LogP contribution in [-0.4, -0.2) is 29.2 Å². The molecular weight excluding hydrogens is 404 g/mol. The van der Waals surface area contributed by atoms with E-state index < -0.39 is 0 Å². The third kappa shape index (κ3) is 5.37. The van der Waals surface area contributed by atoms with Gasteiger partial charge in [-0.1, -0.05) is 42.1 Å². The molecule has 0 radical (unpaired) electrons. The number of carbonyl (C=O) groups is 1. The predicted molar refractivity (Wildman–Crippen MR) is 126 cm³/mol. The van der Waals surface area contributed by atoms with Crippen LogP contribution in [0.2, 0.25) is 0 Å².